The van der Waals surface area contributed by atoms with Crippen molar-refractivity contribution < 1.29 is 4.42 Å². The highest BCUT2D eigenvalue weighted by Gasteiger charge is 2.33. The van der Waals surface area contributed by atoms with E-state index in [0.29, 0.717) is 6.04 Å². The Morgan fingerprint density at radius 2 is 1.86 bits per heavy atom. The van der Waals surface area contributed by atoms with Crippen LogP contribution in [-0.4, -0.2) is 30.6 Å². The number of furan rings is 1. The van der Waals surface area contributed by atoms with Gasteiger partial charge in [-0.2, -0.15) is 0 Å². The first-order valence-corrected chi connectivity index (χ1v) is 8.46. The minimum atomic E-state index is 0.617. The summed E-state index contributed by atoms with van der Waals surface area (Å²) >= 11 is 5.93. The second-order valence-corrected chi connectivity index (χ2v) is 6.83. The van der Waals surface area contributed by atoms with Crippen molar-refractivity contribution in [3.05, 3.63) is 47.2 Å². The minimum Gasteiger partial charge on any atom is -0.460 e. The minimum absolute atomic E-state index is 0.617. The molecule has 2 bridgehead atoms. The lowest BCUT2D eigenvalue weighted by Crippen LogP contribution is -2.55. The lowest BCUT2D eigenvalue weighted by atomic mass is 9.84. The summed E-state index contributed by atoms with van der Waals surface area (Å²) in [5.41, 5.74) is 1.07. The summed E-state index contributed by atoms with van der Waals surface area (Å²) in [6.45, 7) is 4.56. The summed E-state index contributed by atoms with van der Waals surface area (Å²) in [5, 5.41) is 4.44. The molecule has 1 aromatic heterocycles. The smallest absolute Gasteiger partial charge is 0.134 e. The molecule has 22 heavy (non-hydrogen) atoms. The summed E-state index contributed by atoms with van der Waals surface area (Å²) in [6, 6.07) is 12.5. The molecule has 2 aromatic rings. The van der Waals surface area contributed by atoms with Gasteiger partial charge in [0, 0.05) is 23.2 Å². The number of rotatable bonds is 4. The Balaban J connectivity index is 1.39. The number of piperidine rings is 3. The fourth-order valence-corrected chi connectivity index (χ4v) is 3.80. The molecule has 3 nitrogen and oxygen atoms in total. The molecule has 3 fully saturated rings. The molecule has 4 heteroatoms. The van der Waals surface area contributed by atoms with Crippen molar-refractivity contribution in [2.75, 3.05) is 19.6 Å². The Morgan fingerprint density at radius 1 is 1.09 bits per heavy atom. The van der Waals surface area contributed by atoms with E-state index in [1.165, 1.54) is 32.5 Å². The van der Waals surface area contributed by atoms with E-state index < -0.39 is 0 Å². The van der Waals surface area contributed by atoms with Crippen molar-refractivity contribution >= 4 is 11.6 Å². The molecule has 0 unspecified atom stereocenters. The summed E-state index contributed by atoms with van der Waals surface area (Å²) in [5.74, 6) is 2.75. The van der Waals surface area contributed by atoms with E-state index in [9.17, 15) is 0 Å². The van der Waals surface area contributed by atoms with E-state index in [2.05, 4.69) is 16.3 Å². The van der Waals surface area contributed by atoms with Gasteiger partial charge in [0.25, 0.3) is 0 Å². The Kier molecular flexibility index (Phi) is 3.95. The second-order valence-electron chi connectivity index (χ2n) is 6.40. The zero-order valence-corrected chi connectivity index (χ0v) is 13.4. The normalized spacial score (nSPS) is 27.2. The molecule has 3 aliphatic heterocycles. The fraction of sp³-hybridized carbons (Fsp3) is 0.444. The summed E-state index contributed by atoms with van der Waals surface area (Å²) in [4.78, 5) is 2.57. The number of hydrogen-bond donors (Lipinski definition) is 1. The molecule has 1 atom stereocenters. The van der Waals surface area contributed by atoms with Crippen LogP contribution in [0.1, 0.15) is 18.6 Å². The van der Waals surface area contributed by atoms with Crippen molar-refractivity contribution in [2.45, 2.75) is 25.4 Å². The van der Waals surface area contributed by atoms with Crippen molar-refractivity contribution in [1.29, 1.82) is 0 Å². The van der Waals surface area contributed by atoms with Crippen molar-refractivity contribution in [1.82, 2.24) is 10.2 Å². The standard InChI is InChI=1S/C18H21ClN2O/c19-15-3-1-14(2-4-15)18-6-5-16(22-18)11-20-17-12-21-9-7-13(17)8-10-21/h1-6,13,17,20H,7-12H2/t17-/m1/s1. The summed E-state index contributed by atoms with van der Waals surface area (Å²) in [6.07, 6.45) is 2.68. The van der Waals surface area contributed by atoms with Gasteiger partial charge < -0.3 is 14.6 Å². The molecule has 0 radical (unpaired) electrons. The van der Waals surface area contributed by atoms with Crippen LogP contribution in [0.3, 0.4) is 0 Å². The van der Waals surface area contributed by atoms with Gasteiger partial charge in [0.1, 0.15) is 11.5 Å². The molecule has 0 spiro atoms. The average Bonchev–Trinajstić information content (AvgIpc) is 3.04. The van der Waals surface area contributed by atoms with Gasteiger partial charge in [0.05, 0.1) is 6.54 Å². The Bertz CT molecular complexity index is 629. The molecule has 1 aromatic carbocycles. The van der Waals surface area contributed by atoms with Crippen LogP contribution in [0.5, 0.6) is 0 Å². The molecule has 1 N–H and O–H groups in total. The Hall–Kier alpha value is -1.29. The van der Waals surface area contributed by atoms with Gasteiger partial charge in [0.2, 0.25) is 0 Å². The third-order valence-corrected chi connectivity index (χ3v) is 5.24. The SMILES string of the molecule is Clc1ccc(-c2ccc(CN[C@@H]3CN4CCC3CC4)o2)cc1. The van der Waals surface area contributed by atoms with E-state index in [4.69, 9.17) is 16.0 Å². The molecule has 3 saturated heterocycles. The number of hydrogen-bond acceptors (Lipinski definition) is 3. The highest BCUT2D eigenvalue weighted by molar-refractivity contribution is 6.30. The molecule has 5 rings (SSSR count). The Morgan fingerprint density at radius 3 is 2.55 bits per heavy atom. The van der Waals surface area contributed by atoms with Gasteiger partial charge in [0.15, 0.2) is 0 Å². The van der Waals surface area contributed by atoms with Gasteiger partial charge in [-0.1, -0.05) is 11.6 Å². The van der Waals surface area contributed by atoms with Crippen LogP contribution in [0.25, 0.3) is 11.3 Å². The highest BCUT2D eigenvalue weighted by Crippen LogP contribution is 2.28. The third-order valence-electron chi connectivity index (χ3n) is 4.99. The van der Waals surface area contributed by atoms with E-state index in [1.807, 2.05) is 30.3 Å². The maximum atomic E-state index is 5.96. The molecule has 4 heterocycles. The van der Waals surface area contributed by atoms with Crippen LogP contribution in [0.4, 0.5) is 0 Å². The van der Waals surface area contributed by atoms with E-state index in [1.54, 1.807) is 0 Å². The maximum absolute atomic E-state index is 5.96. The van der Waals surface area contributed by atoms with E-state index in [0.717, 1.165) is 34.6 Å². The largest absolute Gasteiger partial charge is 0.460 e. The van der Waals surface area contributed by atoms with E-state index in [-0.39, 0.29) is 0 Å². The topological polar surface area (TPSA) is 28.4 Å². The number of fused-ring (bicyclic) bond motifs is 3. The second kappa shape index (κ2) is 6.07. The highest BCUT2D eigenvalue weighted by atomic mass is 35.5. The first-order valence-electron chi connectivity index (χ1n) is 8.08. The molecule has 0 aliphatic carbocycles. The monoisotopic (exact) mass is 316 g/mol. The molecule has 0 saturated carbocycles. The Labute approximate surface area is 136 Å². The zero-order valence-electron chi connectivity index (χ0n) is 12.6. The number of nitrogens with one attached hydrogen (secondary N) is 1. The molecule has 3 aliphatic rings. The molecular weight excluding hydrogens is 296 g/mol. The quantitative estimate of drug-likeness (QED) is 0.930. The van der Waals surface area contributed by atoms with Gasteiger partial charge in [-0.25, -0.2) is 0 Å². The van der Waals surface area contributed by atoms with Crippen LogP contribution in [0, 0.1) is 5.92 Å². The number of nitrogens with zero attached hydrogens (tertiary/aromatic N) is 1. The lowest BCUT2D eigenvalue weighted by molar-refractivity contribution is 0.0711. The first-order chi connectivity index (χ1) is 10.8. The van der Waals surface area contributed by atoms with Crippen LogP contribution in [0.15, 0.2) is 40.8 Å². The van der Waals surface area contributed by atoms with Crippen molar-refractivity contribution in [3.63, 3.8) is 0 Å². The summed E-state index contributed by atoms with van der Waals surface area (Å²) < 4.78 is 5.96. The predicted octanol–water partition coefficient (Wildman–Crippen LogP) is 3.78. The maximum Gasteiger partial charge on any atom is 0.134 e. The molecular formula is C18H21ClN2O. The predicted molar refractivity (Wildman–Crippen MR) is 88.9 cm³/mol. The first kappa shape index (κ1) is 14.3. The van der Waals surface area contributed by atoms with Crippen LogP contribution < -0.4 is 5.32 Å². The average molecular weight is 317 g/mol. The van der Waals surface area contributed by atoms with Crippen LogP contribution >= 0.6 is 11.6 Å². The van der Waals surface area contributed by atoms with Gasteiger partial charge in [-0.05, 0) is 68.2 Å². The zero-order chi connectivity index (χ0) is 14.9. The molecule has 0 amide bonds. The number of halogens is 1. The van der Waals surface area contributed by atoms with Crippen LogP contribution in [0.2, 0.25) is 5.02 Å². The fourth-order valence-electron chi connectivity index (χ4n) is 3.67. The third kappa shape index (κ3) is 2.94. The lowest BCUT2D eigenvalue weighted by Gasteiger charge is -2.45. The summed E-state index contributed by atoms with van der Waals surface area (Å²) in [7, 11) is 0. The van der Waals surface area contributed by atoms with Crippen LogP contribution in [-0.2, 0) is 6.54 Å². The molecule has 116 valence electrons. The number of benzene rings is 1. The van der Waals surface area contributed by atoms with Gasteiger partial charge in [-0.15, -0.1) is 0 Å². The van der Waals surface area contributed by atoms with Crippen molar-refractivity contribution in [2.24, 2.45) is 5.92 Å². The van der Waals surface area contributed by atoms with E-state index >= 15 is 0 Å². The van der Waals surface area contributed by atoms with Crippen molar-refractivity contribution in [3.8, 4) is 11.3 Å². The van der Waals surface area contributed by atoms with Gasteiger partial charge in [-0.3, -0.25) is 0 Å². The van der Waals surface area contributed by atoms with Gasteiger partial charge >= 0.3 is 0 Å².